The molecule has 0 amide bonds. The number of benzene rings is 1. The first-order valence-corrected chi connectivity index (χ1v) is 4.86. The van der Waals surface area contributed by atoms with Crippen molar-refractivity contribution in [2.75, 3.05) is 5.73 Å². The number of anilines is 1. The first kappa shape index (κ1) is 13.3. The van der Waals surface area contributed by atoms with E-state index in [-0.39, 0.29) is 40.1 Å². The Bertz CT molecular complexity index is 404. The molecule has 0 saturated carbocycles. The van der Waals surface area contributed by atoms with E-state index < -0.39 is 10.1 Å². The summed E-state index contributed by atoms with van der Waals surface area (Å²) >= 11 is 3.94. The fourth-order valence-electron chi connectivity index (χ4n) is 0.693. The van der Waals surface area contributed by atoms with E-state index >= 15 is 0 Å². The van der Waals surface area contributed by atoms with Crippen molar-refractivity contribution >= 4 is 58.0 Å². The van der Waals surface area contributed by atoms with Crippen LogP contribution in [0.15, 0.2) is 28.0 Å². The molecule has 0 bridgehead atoms. The number of hydrogen-bond acceptors (Lipinski definition) is 4. The molecule has 0 aromatic heterocycles. The Kier molecular flexibility index (Phi) is 4.78. The van der Waals surface area contributed by atoms with Gasteiger partial charge in [0.25, 0.3) is 10.1 Å². The minimum atomic E-state index is -4.16. The van der Waals surface area contributed by atoms with Gasteiger partial charge in [-0.3, -0.25) is 4.55 Å². The summed E-state index contributed by atoms with van der Waals surface area (Å²) in [6.07, 6.45) is 0. The Morgan fingerprint density at radius 1 is 1.38 bits per heavy atom. The number of nitrogen functional groups attached to an aromatic ring is 1. The van der Waals surface area contributed by atoms with Gasteiger partial charge < -0.3 is 5.73 Å². The Morgan fingerprint density at radius 3 is 2.31 bits per heavy atom. The zero-order chi connectivity index (χ0) is 9.35. The van der Waals surface area contributed by atoms with Crippen LogP contribution < -0.4 is 5.73 Å². The van der Waals surface area contributed by atoms with E-state index in [1.165, 1.54) is 12.1 Å². The summed E-state index contributed by atoms with van der Waals surface area (Å²) in [4.78, 5) is 0.250. The molecule has 1 rings (SSSR count). The van der Waals surface area contributed by atoms with Crippen LogP contribution >= 0.6 is 12.6 Å². The molecule has 68 valence electrons. The quantitative estimate of drug-likeness (QED) is 0.277. The fourth-order valence-corrected chi connectivity index (χ4v) is 1.35. The predicted octanol–water partition coefficient (Wildman–Crippen LogP) is 0.156. The van der Waals surface area contributed by atoms with Crippen molar-refractivity contribution in [3.8, 4) is 0 Å². The molecule has 0 atom stereocenters. The van der Waals surface area contributed by atoms with E-state index in [1.807, 2.05) is 0 Å². The molecule has 0 spiro atoms. The van der Waals surface area contributed by atoms with Crippen molar-refractivity contribution in [2.24, 2.45) is 0 Å². The van der Waals surface area contributed by atoms with Crippen LogP contribution in [-0.2, 0) is 10.1 Å². The molecule has 0 aliphatic carbocycles. The summed E-state index contributed by atoms with van der Waals surface area (Å²) in [7, 11) is -4.16. The third-order valence-electron chi connectivity index (χ3n) is 1.30. The molecule has 3 N–H and O–H groups in total. The van der Waals surface area contributed by atoms with E-state index in [1.54, 1.807) is 0 Å². The maximum absolute atomic E-state index is 10.6. The van der Waals surface area contributed by atoms with E-state index in [0.29, 0.717) is 4.90 Å². The predicted molar refractivity (Wildman–Crippen MR) is 55.1 cm³/mol. The fraction of sp³-hybridized carbons (Fsp3) is 0. The maximum atomic E-state index is 10.6. The standard InChI is InChI=1S/C6H7NO3S2.Na.H/c7-5-3-4(12(8,9)10)1-2-6(5)11;;/h1-3,11H,7H2,(H,8,9,10);;. The minimum absolute atomic E-state index is 0. The van der Waals surface area contributed by atoms with Crippen LogP contribution in [0, 0.1) is 0 Å². The average Bonchev–Trinajstić information content (AvgIpc) is 1.92. The van der Waals surface area contributed by atoms with E-state index in [9.17, 15) is 8.42 Å². The first-order valence-electron chi connectivity index (χ1n) is 2.97. The van der Waals surface area contributed by atoms with Crippen molar-refractivity contribution in [2.45, 2.75) is 9.79 Å². The van der Waals surface area contributed by atoms with E-state index in [4.69, 9.17) is 10.3 Å². The SMILES string of the molecule is Nc1cc(S(=O)(=O)O)ccc1S.[NaH]. The molecule has 4 nitrogen and oxygen atoms in total. The molecule has 7 heteroatoms. The van der Waals surface area contributed by atoms with Crippen molar-refractivity contribution in [1.29, 1.82) is 0 Å². The third kappa shape index (κ3) is 3.49. The van der Waals surface area contributed by atoms with Gasteiger partial charge in [-0.15, -0.1) is 12.6 Å². The number of rotatable bonds is 1. The summed E-state index contributed by atoms with van der Waals surface area (Å²) < 4.78 is 29.7. The van der Waals surface area contributed by atoms with Gasteiger partial charge >= 0.3 is 29.6 Å². The van der Waals surface area contributed by atoms with Gasteiger partial charge in [-0.25, -0.2) is 0 Å². The van der Waals surface area contributed by atoms with Crippen molar-refractivity contribution in [3.05, 3.63) is 18.2 Å². The Hall–Kier alpha value is 0.280. The van der Waals surface area contributed by atoms with Gasteiger partial charge in [-0.05, 0) is 18.2 Å². The molecule has 0 aliphatic heterocycles. The van der Waals surface area contributed by atoms with Crippen molar-refractivity contribution in [1.82, 2.24) is 0 Å². The molecule has 0 saturated heterocycles. The van der Waals surface area contributed by atoms with Gasteiger partial charge in [0.15, 0.2) is 0 Å². The van der Waals surface area contributed by atoms with Crippen molar-refractivity contribution < 1.29 is 13.0 Å². The monoisotopic (exact) mass is 229 g/mol. The molecule has 0 heterocycles. The summed E-state index contributed by atoms with van der Waals surface area (Å²) in [6, 6.07) is 3.78. The second-order valence-electron chi connectivity index (χ2n) is 2.20. The molecular formula is C6H8NNaO3S2. The molecule has 1 aromatic rings. The topological polar surface area (TPSA) is 80.4 Å². The first-order chi connectivity index (χ1) is 5.41. The molecule has 0 radical (unpaired) electrons. The Labute approximate surface area is 104 Å². The number of nitrogens with two attached hydrogens (primary N) is 1. The Morgan fingerprint density at radius 2 is 1.92 bits per heavy atom. The summed E-state index contributed by atoms with van der Waals surface area (Å²) in [6.45, 7) is 0. The van der Waals surface area contributed by atoms with E-state index in [0.717, 1.165) is 6.07 Å². The third-order valence-corrected chi connectivity index (χ3v) is 2.55. The van der Waals surface area contributed by atoms with Gasteiger partial charge in [0.1, 0.15) is 0 Å². The molecule has 13 heavy (non-hydrogen) atoms. The number of hydrogen-bond donors (Lipinski definition) is 3. The second kappa shape index (κ2) is 4.68. The van der Waals surface area contributed by atoms with Gasteiger partial charge in [0.05, 0.1) is 4.90 Å². The van der Waals surface area contributed by atoms with E-state index in [2.05, 4.69) is 12.6 Å². The normalized spacial score (nSPS) is 10.6. The molecule has 0 unspecified atom stereocenters. The summed E-state index contributed by atoms with van der Waals surface area (Å²) in [5, 5.41) is 0. The molecular weight excluding hydrogens is 221 g/mol. The van der Waals surface area contributed by atoms with Gasteiger partial charge in [-0.1, -0.05) is 0 Å². The van der Waals surface area contributed by atoms with Crippen LogP contribution in [0.2, 0.25) is 0 Å². The second-order valence-corrected chi connectivity index (χ2v) is 4.10. The van der Waals surface area contributed by atoms with Crippen molar-refractivity contribution in [3.63, 3.8) is 0 Å². The van der Waals surface area contributed by atoms with Crippen LogP contribution in [-0.4, -0.2) is 42.5 Å². The van der Waals surface area contributed by atoms with Crippen LogP contribution in [0.25, 0.3) is 0 Å². The van der Waals surface area contributed by atoms with Crippen LogP contribution in [0.4, 0.5) is 5.69 Å². The van der Waals surface area contributed by atoms with Crippen LogP contribution in [0.5, 0.6) is 0 Å². The molecule has 1 aromatic carbocycles. The summed E-state index contributed by atoms with van der Waals surface area (Å²) in [5.41, 5.74) is 5.58. The molecule has 0 aliphatic rings. The van der Waals surface area contributed by atoms with Gasteiger partial charge in [0.2, 0.25) is 0 Å². The summed E-state index contributed by atoms with van der Waals surface area (Å²) in [5.74, 6) is 0. The van der Waals surface area contributed by atoms with Gasteiger partial charge in [-0.2, -0.15) is 8.42 Å². The van der Waals surface area contributed by atoms with Crippen LogP contribution in [0.1, 0.15) is 0 Å². The average molecular weight is 229 g/mol. The Balaban J connectivity index is 0.00000144. The molecule has 0 fully saturated rings. The van der Waals surface area contributed by atoms with Gasteiger partial charge in [0, 0.05) is 10.6 Å². The zero-order valence-electron chi connectivity index (χ0n) is 5.93. The zero-order valence-corrected chi connectivity index (χ0v) is 7.64. The van der Waals surface area contributed by atoms with Crippen LogP contribution in [0.3, 0.4) is 0 Å². The number of thiol groups is 1.